The number of aromatic nitrogens is 1. The number of likely N-dealkylation sites (tertiary alicyclic amines) is 1. The average Bonchev–Trinajstić information content (AvgIpc) is 3.53. The number of ether oxygens (including phenoxy) is 3. The SMILES string of the molecule is CCOC(=O)c1c(CCc2ccc(C(F)(F)F)cc2)nc([C@@H]2CCCN2C(=O)OC(C)(C)C)c(C(=O)OCC)c1-c1ccc(CC(=O)O)cc1. The molecular weight excluding hydrogens is 657 g/mol. The van der Waals surface area contributed by atoms with E-state index in [0.717, 1.165) is 12.1 Å². The van der Waals surface area contributed by atoms with Crippen molar-refractivity contribution in [3.8, 4) is 11.1 Å². The van der Waals surface area contributed by atoms with Crippen molar-refractivity contribution in [2.24, 2.45) is 0 Å². The van der Waals surface area contributed by atoms with Crippen molar-refractivity contribution in [1.29, 1.82) is 0 Å². The van der Waals surface area contributed by atoms with E-state index in [-0.39, 0.29) is 60.6 Å². The van der Waals surface area contributed by atoms with Gasteiger partial charge in [-0.25, -0.2) is 14.4 Å². The minimum atomic E-state index is -4.51. The first-order valence-corrected chi connectivity index (χ1v) is 16.4. The highest BCUT2D eigenvalue weighted by atomic mass is 19.4. The monoisotopic (exact) mass is 698 g/mol. The first-order valence-electron chi connectivity index (χ1n) is 16.4. The predicted octanol–water partition coefficient (Wildman–Crippen LogP) is 7.61. The topological polar surface area (TPSA) is 132 Å². The Morgan fingerprint density at radius 1 is 0.860 bits per heavy atom. The molecule has 1 N–H and O–H groups in total. The molecule has 0 unspecified atom stereocenters. The molecule has 268 valence electrons. The number of aliphatic carboxylic acids is 1. The molecule has 1 atom stereocenters. The Balaban J connectivity index is 1.99. The van der Waals surface area contributed by atoms with E-state index in [1.807, 2.05) is 0 Å². The van der Waals surface area contributed by atoms with Crippen LogP contribution in [0.2, 0.25) is 0 Å². The number of aryl methyl sites for hydroxylation is 2. The number of nitrogens with zero attached hydrogens (tertiary/aromatic N) is 2. The maximum Gasteiger partial charge on any atom is 0.416 e. The summed E-state index contributed by atoms with van der Waals surface area (Å²) in [6, 6.07) is 10.2. The van der Waals surface area contributed by atoms with Crippen LogP contribution in [-0.4, -0.2) is 64.4 Å². The second-order valence-corrected chi connectivity index (χ2v) is 12.8. The van der Waals surface area contributed by atoms with Crippen LogP contribution < -0.4 is 0 Å². The summed E-state index contributed by atoms with van der Waals surface area (Å²) in [5.74, 6) is -2.63. The number of hydrogen-bond donors (Lipinski definition) is 1. The lowest BCUT2D eigenvalue weighted by molar-refractivity contribution is -0.138. The van der Waals surface area contributed by atoms with Crippen molar-refractivity contribution >= 4 is 24.0 Å². The normalized spacial score (nSPS) is 14.7. The zero-order valence-corrected chi connectivity index (χ0v) is 28.7. The molecule has 1 aliphatic heterocycles. The molecule has 13 heteroatoms. The summed E-state index contributed by atoms with van der Waals surface area (Å²) >= 11 is 0. The predicted molar refractivity (Wildman–Crippen MR) is 177 cm³/mol. The molecule has 50 heavy (non-hydrogen) atoms. The standard InChI is InChI=1S/C37H41F3N2O8/c1-6-48-33(45)30-26(19-14-22-12-17-25(18-13-22)37(38,39)40)41-32(27-9-8-20-42(27)35(47)50-36(3,4)5)31(34(46)49-7-2)29(30)24-15-10-23(11-16-24)21-28(43)44/h10-13,15-18,27H,6-9,14,19-21H2,1-5H3,(H,43,44)/t27-/m0/s1. The second kappa shape index (κ2) is 15.7. The van der Waals surface area contributed by atoms with Gasteiger partial charge in [-0.05, 0) is 89.1 Å². The Morgan fingerprint density at radius 3 is 1.98 bits per heavy atom. The lowest BCUT2D eigenvalue weighted by atomic mass is 9.88. The number of rotatable bonds is 11. The molecule has 2 heterocycles. The van der Waals surface area contributed by atoms with Gasteiger partial charge in [0.05, 0.1) is 53.8 Å². The van der Waals surface area contributed by atoms with Crippen LogP contribution in [0.5, 0.6) is 0 Å². The third kappa shape index (κ3) is 9.19. The Bertz CT molecular complexity index is 1710. The molecule has 1 saturated heterocycles. The van der Waals surface area contributed by atoms with E-state index in [9.17, 15) is 37.5 Å². The summed E-state index contributed by atoms with van der Waals surface area (Å²) in [5.41, 5.74) is 0.174. The van der Waals surface area contributed by atoms with E-state index in [1.54, 1.807) is 58.9 Å². The molecule has 0 aliphatic carbocycles. The quantitative estimate of drug-likeness (QED) is 0.159. The Kier molecular flexibility index (Phi) is 11.9. The van der Waals surface area contributed by atoms with Gasteiger partial charge in [-0.3, -0.25) is 14.7 Å². The van der Waals surface area contributed by atoms with E-state index < -0.39 is 47.4 Å². The molecule has 3 aromatic rings. The van der Waals surface area contributed by atoms with Crippen LogP contribution in [0, 0.1) is 0 Å². The molecule has 1 aliphatic rings. The third-order valence-electron chi connectivity index (χ3n) is 7.99. The number of pyridine rings is 1. The second-order valence-electron chi connectivity index (χ2n) is 12.8. The number of alkyl halides is 3. The summed E-state index contributed by atoms with van der Waals surface area (Å²) in [5, 5.41) is 9.32. The summed E-state index contributed by atoms with van der Waals surface area (Å²) in [6.45, 7) is 8.72. The van der Waals surface area contributed by atoms with Crippen molar-refractivity contribution in [3.05, 3.63) is 87.7 Å². The average molecular weight is 699 g/mol. The lowest BCUT2D eigenvalue weighted by Crippen LogP contribution is -2.37. The van der Waals surface area contributed by atoms with Crippen molar-refractivity contribution in [2.75, 3.05) is 19.8 Å². The molecular formula is C37H41F3N2O8. The van der Waals surface area contributed by atoms with Gasteiger partial charge in [0, 0.05) is 12.1 Å². The molecule has 1 aromatic heterocycles. The van der Waals surface area contributed by atoms with Gasteiger partial charge in [-0.1, -0.05) is 36.4 Å². The van der Waals surface area contributed by atoms with Gasteiger partial charge >= 0.3 is 30.2 Å². The number of carboxylic acid groups (broad SMARTS) is 1. The Labute approximate surface area is 288 Å². The molecule has 2 aromatic carbocycles. The highest BCUT2D eigenvalue weighted by Crippen LogP contribution is 2.41. The summed E-state index contributed by atoms with van der Waals surface area (Å²) in [7, 11) is 0. The number of esters is 2. The lowest BCUT2D eigenvalue weighted by Gasteiger charge is -2.30. The summed E-state index contributed by atoms with van der Waals surface area (Å²) in [6.07, 6.45) is -4.18. The number of benzene rings is 2. The van der Waals surface area contributed by atoms with E-state index in [2.05, 4.69) is 0 Å². The fourth-order valence-corrected chi connectivity index (χ4v) is 5.88. The van der Waals surface area contributed by atoms with Crippen molar-refractivity contribution in [1.82, 2.24) is 9.88 Å². The smallest absolute Gasteiger partial charge is 0.416 e. The molecule has 4 rings (SSSR count). The van der Waals surface area contributed by atoms with E-state index in [0.29, 0.717) is 36.1 Å². The van der Waals surface area contributed by atoms with Crippen molar-refractivity contribution in [2.45, 2.75) is 84.5 Å². The maximum absolute atomic E-state index is 14.0. The Morgan fingerprint density at radius 2 is 1.44 bits per heavy atom. The van der Waals surface area contributed by atoms with Gasteiger partial charge in [0.15, 0.2) is 0 Å². The van der Waals surface area contributed by atoms with Crippen LogP contribution >= 0.6 is 0 Å². The number of carbonyl (C=O) groups is 4. The van der Waals surface area contributed by atoms with Crippen molar-refractivity contribution < 1.29 is 51.7 Å². The molecule has 0 saturated carbocycles. The number of halogens is 3. The van der Waals surface area contributed by atoms with Crippen LogP contribution in [0.15, 0.2) is 48.5 Å². The van der Waals surface area contributed by atoms with Crippen molar-refractivity contribution in [3.63, 3.8) is 0 Å². The first kappa shape index (κ1) is 37.9. The zero-order chi connectivity index (χ0) is 36.8. The molecule has 0 spiro atoms. The largest absolute Gasteiger partial charge is 0.481 e. The third-order valence-corrected chi connectivity index (χ3v) is 7.99. The van der Waals surface area contributed by atoms with E-state index >= 15 is 0 Å². The first-order chi connectivity index (χ1) is 23.5. The molecule has 0 radical (unpaired) electrons. The highest BCUT2D eigenvalue weighted by Gasteiger charge is 2.40. The highest BCUT2D eigenvalue weighted by molar-refractivity contribution is 6.07. The molecule has 1 fully saturated rings. The molecule has 0 bridgehead atoms. The van der Waals surface area contributed by atoms with Crippen LogP contribution in [0.3, 0.4) is 0 Å². The van der Waals surface area contributed by atoms with Gasteiger partial charge in [0.2, 0.25) is 0 Å². The van der Waals surface area contributed by atoms with Crippen LogP contribution in [0.4, 0.5) is 18.0 Å². The number of hydrogen-bond acceptors (Lipinski definition) is 8. The minimum Gasteiger partial charge on any atom is -0.481 e. The van der Waals surface area contributed by atoms with Crippen LogP contribution in [-0.2, 0) is 44.4 Å². The fourth-order valence-electron chi connectivity index (χ4n) is 5.88. The Hall–Kier alpha value is -4.94. The minimum absolute atomic E-state index is 0.0138. The van der Waals surface area contributed by atoms with Crippen LogP contribution in [0.25, 0.3) is 11.1 Å². The number of carboxylic acids is 1. The maximum atomic E-state index is 14.0. The molecule has 1 amide bonds. The van der Waals surface area contributed by atoms with Gasteiger partial charge < -0.3 is 19.3 Å². The molecule has 10 nitrogen and oxygen atoms in total. The number of amides is 1. The zero-order valence-electron chi connectivity index (χ0n) is 28.7. The summed E-state index contributed by atoms with van der Waals surface area (Å²) in [4.78, 5) is 59.0. The van der Waals surface area contributed by atoms with Gasteiger partial charge in [-0.2, -0.15) is 13.2 Å². The van der Waals surface area contributed by atoms with Gasteiger partial charge in [0.25, 0.3) is 0 Å². The van der Waals surface area contributed by atoms with Gasteiger partial charge in [-0.15, -0.1) is 0 Å². The van der Waals surface area contributed by atoms with Crippen LogP contribution in [0.1, 0.15) is 102 Å². The van der Waals surface area contributed by atoms with E-state index in [4.69, 9.17) is 19.2 Å². The fraction of sp³-hybridized carbons (Fsp3) is 0.432. The summed E-state index contributed by atoms with van der Waals surface area (Å²) < 4.78 is 56.4. The van der Waals surface area contributed by atoms with E-state index in [1.165, 1.54) is 17.0 Å². The van der Waals surface area contributed by atoms with Gasteiger partial charge in [0.1, 0.15) is 5.60 Å². The number of carbonyl (C=O) groups excluding carboxylic acids is 3.